The van der Waals surface area contributed by atoms with Gasteiger partial charge < -0.3 is 0 Å². The minimum absolute atomic E-state index is 0.170. The van der Waals surface area contributed by atoms with Crippen molar-refractivity contribution in [2.75, 3.05) is 4.90 Å². The van der Waals surface area contributed by atoms with Gasteiger partial charge in [0.15, 0.2) is 5.82 Å². The summed E-state index contributed by atoms with van der Waals surface area (Å²) < 4.78 is 1.50. The van der Waals surface area contributed by atoms with Gasteiger partial charge in [-0.15, -0.1) is 0 Å². The number of anilines is 1. The predicted molar refractivity (Wildman–Crippen MR) is 118 cm³/mol. The molecule has 4 rings (SSSR count). The van der Waals surface area contributed by atoms with E-state index in [0.717, 1.165) is 30.6 Å². The van der Waals surface area contributed by atoms with Crippen LogP contribution in [-0.2, 0) is 7.05 Å². The van der Waals surface area contributed by atoms with E-state index in [4.69, 9.17) is 0 Å². The number of carbonyl (C=O) groups is 2. The van der Waals surface area contributed by atoms with Crippen LogP contribution in [-0.4, -0.2) is 21.6 Å². The second-order valence-corrected chi connectivity index (χ2v) is 7.83. The third kappa shape index (κ3) is 3.99. The van der Waals surface area contributed by atoms with E-state index in [2.05, 4.69) is 11.2 Å². The van der Waals surface area contributed by atoms with Crippen molar-refractivity contribution in [1.82, 2.24) is 9.78 Å². The van der Waals surface area contributed by atoms with E-state index in [1.165, 1.54) is 11.1 Å². The van der Waals surface area contributed by atoms with Gasteiger partial charge in [-0.1, -0.05) is 55.7 Å². The highest BCUT2D eigenvalue weighted by molar-refractivity contribution is 6.25. The van der Waals surface area contributed by atoms with Crippen molar-refractivity contribution in [2.45, 2.75) is 38.0 Å². The molecule has 1 fully saturated rings. The maximum atomic E-state index is 13.5. The molecule has 2 amide bonds. The number of nitriles is 1. The molecule has 0 atom stereocenters. The van der Waals surface area contributed by atoms with E-state index < -0.39 is 11.8 Å². The van der Waals surface area contributed by atoms with Gasteiger partial charge in [0.05, 0.1) is 5.69 Å². The van der Waals surface area contributed by atoms with Crippen LogP contribution in [0.4, 0.5) is 5.82 Å². The zero-order chi connectivity index (χ0) is 21.8. The maximum Gasteiger partial charge on any atom is 0.266 e. The summed E-state index contributed by atoms with van der Waals surface area (Å²) in [7, 11) is 1.69. The number of imide groups is 1. The van der Waals surface area contributed by atoms with E-state index in [9.17, 15) is 14.9 Å². The van der Waals surface area contributed by atoms with Crippen LogP contribution in [0, 0.1) is 11.3 Å². The van der Waals surface area contributed by atoms with Gasteiger partial charge in [0, 0.05) is 24.1 Å². The largest absolute Gasteiger partial charge is 0.268 e. The summed E-state index contributed by atoms with van der Waals surface area (Å²) in [5, 5.41) is 14.7. The molecular formula is C25H24N4O2. The molecule has 0 unspecified atom stereocenters. The highest BCUT2D eigenvalue weighted by Gasteiger charge is 2.34. The van der Waals surface area contributed by atoms with Crippen molar-refractivity contribution >= 4 is 17.6 Å². The third-order valence-electron chi connectivity index (χ3n) is 5.81. The molecule has 1 saturated carbocycles. The number of carbonyl (C=O) groups excluding carboxylic acids is 2. The Hall–Kier alpha value is -3.72. The Labute approximate surface area is 181 Å². The normalized spacial score (nSPS) is 14.1. The summed E-state index contributed by atoms with van der Waals surface area (Å²) in [6, 6.07) is 19.5. The number of benzene rings is 2. The lowest BCUT2D eigenvalue weighted by atomic mass is 9.85. The first kappa shape index (κ1) is 20.5. The van der Waals surface area contributed by atoms with Crippen molar-refractivity contribution in [3.8, 4) is 6.07 Å². The zero-order valence-corrected chi connectivity index (χ0v) is 17.5. The van der Waals surface area contributed by atoms with Gasteiger partial charge in [-0.25, -0.2) is 4.90 Å². The number of nitrogens with zero attached hydrogens (tertiary/aromatic N) is 4. The Balaban J connectivity index is 1.86. The van der Waals surface area contributed by atoms with Crippen LogP contribution >= 0.6 is 0 Å². The topological polar surface area (TPSA) is 79.0 Å². The number of aryl methyl sites for hydroxylation is 1. The second kappa shape index (κ2) is 8.97. The van der Waals surface area contributed by atoms with Crippen molar-refractivity contribution in [3.05, 3.63) is 83.0 Å². The van der Waals surface area contributed by atoms with Crippen LogP contribution in [0.5, 0.6) is 0 Å². The Morgan fingerprint density at radius 1 is 0.935 bits per heavy atom. The molecule has 0 N–H and O–H groups in total. The maximum absolute atomic E-state index is 13.5. The molecule has 0 spiro atoms. The molecule has 1 aromatic heterocycles. The second-order valence-electron chi connectivity index (χ2n) is 7.83. The fourth-order valence-electron chi connectivity index (χ4n) is 4.27. The molecule has 2 aromatic carbocycles. The number of hydrogen-bond donors (Lipinski definition) is 0. The van der Waals surface area contributed by atoms with Crippen LogP contribution in [0.2, 0.25) is 0 Å². The van der Waals surface area contributed by atoms with Crippen LogP contribution in [0.25, 0.3) is 0 Å². The first-order chi connectivity index (χ1) is 15.1. The number of rotatable bonds is 4. The summed E-state index contributed by atoms with van der Waals surface area (Å²) in [5.74, 6) is -0.567. The minimum atomic E-state index is -0.482. The zero-order valence-electron chi connectivity index (χ0n) is 17.5. The lowest BCUT2D eigenvalue weighted by molar-refractivity contribution is 0.0895. The summed E-state index contributed by atoms with van der Waals surface area (Å²) in [6.45, 7) is 0. The SMILES string of the molecule is Cn1nc(C2CCCCC2)c(C#N)c1N(C(=O)c1ccccc1)C(=O)c1ccccc1. The van der Waals surface area contributed by atoms with Gasteiger partial charge in [-0.2, -0.15) is 10.4 Å². The van der Waals surface area contributed by atoms with Crippen LogP contribution < -0.4 is 4.90 Å². The molecule has 0 aliphatic heterocycles. The first-order valence-electron chi connectivity index (χ1n) is 10.6. The minimum Gasteiger partial charge on any atom is -0.268 e. The molecule has 156 valence electrons. The predicted octanol–water partition coefficient (Wildman–Crippen LogP) is 4.83. The molecule has 0 saturated heterocycles. The fourth-order valence-corrected chi connectivity index (χ4v) is 4.27. The Bertz CT molecular complexity index is 1070. The molecule has 3 aromatic rings. The number of amides is 2. The Morgan fingerprint density at radius 3 is 1.94 bits per heavy atom. The molecule has 6 nitrogen and oxygen atoms in total. The molecule has 6 heteroatoms. The molecule has 1 aliphatic carbocycles. The third-order valence-corrected chi connectivity index (χ3v) is 5.81. The number of aromatic nitrogens is 2. The van der Waals surface area contributed by atoms with Gasteiger partial charge in [-0.3, -0.25) is 14.3 Å². The summed E-state index contributed by atoms with van der Waals surface area (Å²) >= 11 is 0. The molecule has 0 radical (unpaired) electrons. The van der Waals surface area contributed by atoms with E-state index in [1.807, 2.05) is 12.1 Å². The van der Waals surface area contributed by atoms with Crippen molar-refractivity contribution in [2.24, 2.45) is 7.05 Å². The first-order valence-corrected chi connectivity index (χ1v) is 10.6. The van der Waals surface area contributed by atoms with Crippen molar-refractivity contribution in [1.29, 1.82) is 5.26 Å². The van der Waals surface area contributed by atoms with Gasteiger partial charge in [0.2, 0.25) is 0 Å². The van der Waals surface area contributed by atoms with Gasteiger partial charge in [-0.05, 0) is 37.1 Å². The van der Waals surface area contributed by atoms with E-state index in [0.29, 0.717) is 22.4 Å². The monoisotopic (exact) mass is 412 g/mol. The highest BCUT2D eigenvalue weighted by Crippen LogP contribution is 2.37. The summed E-state index contributed by atoms with van der Waals surface area (Å²) in [6.07, 6.45) is 5.30. The van der Waals surface area contributed by atoms with Crippen LogP contribution in [0.3, 0.4) is 0 Å². The average Bonchev–Trinajstić information content (AvgIpc) is 3.16. The van der Waals surface area contributed by atoms with E-state index in [1.54, 1.807) is 55.6 Å². The lowest BCUT2D eigenvalue weighted by Crippen LogP contribution is -2.39. The van der Waals surface area contributed by atoms with Crippen molar-refractivity contribution < 1.29 is 9.59 Å². The van der Waals surface area contributed by atoms with Crippen LogP contribution in [0.1, 0.15) is 70.0 Å². The highest BCUT2D eigenvalue weighted by atomic mass is 16.2. The molecule has 0 bridgehead atoms. The van der Waals surface area contributed by atoms with E-state index in [-0.39, 0.29) is 11.7 Å². The Morgan fingerprint density at radius 2 is 1.45 bits per heavy atom. The number of hydrogen-bond acceptors (Lipinski definition) is 4. The summed E-state index contributed by atoms with van der Waals surface area (Å²) in [5.41, 5.74) is 1.74. The van der Waals surface area contributed by atoms with Gasteiger partial charge in [0.1, 0.15) is 11.6 Å². The van der Waals surface area contributed by atoms with E-state index >= 15 is 0 Å². The van der Waals surface area contributed by atoms with Gasteiger partial charge >= 0.3 is 0 Å². The lowest BCUT2D eigenvalue weighted by Gasteiger charge is -2.22. The van der Waals surface area contributed by atoms with Crippen molar-refractivity contribution in [3.63, 3.8) is 0 Å². The molecule has 1 aliphatic rings. The standard InChI is InChI=1S/C25H24N4O2/c1-28-23(21(17-26)22(27-28)18-11-5-2-6-12-18)29(24(30)19-13-7-3-8-14-19)25(31)20-15-9-4-10-16-20/h3-4,7-10,13-16,18H,2,5-6,11-12H2,1H3. The molecule has 31 heavy (non-hydrogen) atoms. The van der Waals surface area contributed by atoms with Crippen LogP contribution in [0.15, 0.2) is 60.7 Å². The fraction of sp³-hybridized carbons (Fsp3) is 0.280. The quantitative estimate of drug-likeness (QED) is 0.575. The van der Waals surface area contributed by atoms with Gasteiger partial charge in [0.25, 0.3) is 11.8 Å². The average molecular weight is 412 g/mol. The molecular weight excluding hydrogens is 388 g/mol. The summed E-state index contributed by atoms with van der Waals surface area (Å²) in [4.78, 5) is 28.1. The smallest absolute Gasteiger partial charge is 0.266 e. The molecule has 1 heterocycles. The Kier molecular flexibility index (Phi) is 5.94.